The summed E-state index contributed by atoms with van der Waals surface area (Å²) in [6.07, 6.45) is 1.69. The van der Waals surface area contributed by atoms with E-state index in [0.717, 1.165) is 15.4 Å². The number of carbonyl (C=O) groups excluding carboxylic acids is 1. The summed E-state index contributed by atoms with van der Waals surface area (Å²) in [4.78, 5) is 15.0. The van der Waals surface area contributed by atoms with Crippen molar-refractivity contribution in [1.82, 2.24) is 4.98 Å². The lowest BCUT2D eigenvalue weighted by molar-refractivity contribution is 0.270. The first kappa shape index (κ1) is 11.1. The highest BCUT2D eigenvalue weighted by atomic mass is 35.5. The minimum atomic E-state index is 0.217. The topological polar surface area (TPSA) is 39.2 Å². The first-order valence-electron chi connectivity index (χ1n) is 4.49. The summed E-state index contributed by atoms with van der Waals surface area (Å²) in [5, 5.41) is 1.57. The lowest BCUT2D eigenvalue weighted by atomic mass is 10.2. The van der Waals surface area contributed by atoms with E-state index in [9.17, 15) is 4.79 Å². The summed E-state index contributed by atoms with van der Waals surface area (Å²) in [6.45, 7) is 1.60. The first-order valence-corrected chi connectivity index (χ1v) is 5.68. The second kappa shape index (κ2) is 5.09. The van der Waals surface area contributed by atoms with Crippen molar-refractivity contribution in [2.45, 2.75) is 6.61 Å². The fourth-order valence-corrected chi connectivity index (χ4v) is 2.16. The molecule has 0 saturated heterocycles. The summed E-state index contributed by atoms with van der Waals surface area (Å²) in [5.41, 5.74) is 0.996. The molecule has 0 bridgehead atoms. The van der Waals surface area contributed by atoms with Crippen LogP contribution in [0.15, 0.2) is 30.5 Å². The average Bonchev–Trinajstić information content (AvgIpc) is 2.76. The van der Waals surface area contributed by atoms with E-state index in [-0.39, 0.29) is 6.61 Å². The van der Waals surface area contributed by atoms with E-state index >= 15 is 0 Å². The summed E-state index contributed by atoms with van der Waals surface area (Å²) >= 11 is 7.27. The average molecular weight is 253 g/mol. The van der Waals surface area contributed by atoms with Crippen LogP contribution >= 0.6 is 22.9 Å². The highest BCUT2D eigenvalue weighted by Crippen LogP contribution is 2.26. The van der Waals surface area contributed by atoms with E-state index in [4.69, 9.17) is 11.6 Å². The van der Waals surface area contributed by atoms with Gasteiger partial charge in [0.1, 0.15) is 11.6 Å². The van der Waals surface area contributed by atoms with Gasteiger partial charge in [-0.25, -0.2) is 9.78 Å². The highest BCUT2D eigenvalue weighted by Gasteiger charge is 2.04. The summed E-state index contributed by atoms with van der Waals surface area (Å²) < 4.78 is 4.53. The molecule has 81 valence electrons. The molecular weight excluding hydrogens is 246 g/mol. The monoisotopic (exact) mass is 252 g/mol. The van der Waals surface area contributed by atoms with Gasteiger partial charge in [0.05, 0.1) is 4.88 Å². The zero-order valence-corrected chi connectivity index (χ0v) is 9.72. The highest BCUT2D eigenvalue weighted by molar-refractivity contribution is 7.15. The molecule has 0 unspecified atom stereocenters. The SMILES string of the molecule is O=[C]OCc1cnc(-c2ccc(Cl)cc2)s1. The van der Waals surface area contributed by atoms with Crippen LogP contribution in [-0.2, 0) is 16.1 Å². The minimum Gasteiger partial charge on any atom is -0.451 e. The summed E-state index contributed by atoms with van der Waals surface area (Å²) in [5.74, 6) is 0. The Balaban J connectivity index is 2.17. The molecule has 5 heteroatoms. The van der Waals surface area contributed by atoms with Crippen molar-refractivity contribution >= 4 is 29.4 Å². The number of hydrogen-bond acceptors (Lipinski definition) is 4. The molecule has 0 N–H and O–H groups in total. The predicted octanol–water partition coefficient (Wildman–Crippen LogP) is 3.05. The van der Waals surface area contributed by atoms with E-state index in [1.54, 1.807) is 6.20 Å². The van der Waals surface area contributed by atoms with Gasteiger partial charge in [-0.2, -0.15) is 0 Å². The molecule has 1 radical (unpaired) electrons. The van der Waals surface area contributed by atoms with Gasteiger partial charge in [0.15, 0.2) is 0 Å². The van der Waals surface area contributed by atoms with Gasteiger partial charge in [0.25, 0.3) is 0 Å². The second-order valence-corrected chi connectivity index (χ2v) is 4.56. The van der Waals surface area contributed by atoms with Crippen molar-refractivity contribution < 1.29 is 9.53 Å². The maximum atomic E-state index is 9.91. The summed E-state index contributed by atoms with van der Waals surface area (Å²) in [7, 11) is 0. The Morgan fingerprint density at radius 2 is 2.12 bits per heavy atom. The van der Waals surface area contributed by atoms with Crippen LogP contribution in [0.5, 0.6) is 0 Å². The number of thiazole rings is 1. The molecule has 0 aliphatic heterocycles. The first-order chi connectivity index (χ1) is 7.79. The van der Waals surface area contributed by atoms with E-state index in [1.165, 1.54) is 17.8 Å². The quantitative estimate of drug-likeness (QED) is 0.840. The van der Waals surface area contributed by atoms with Crippen molar-refractivity contribution in [2.24, 2.45) is 0 Å². The predicted molar refractivity (Wildman–Crippen MR) is 63.0 cm³/mol. The fraction of sp³-hybridized carbons (Fsp3) is 0.0909. The molecule has 0 aliphatic rings. The Morgan fingerprint density at radius 3 is 2.81 bits per heavy atom. The summed E-state index contributed by atoms with van der Waals surface area (Å²) in [6, 6.07) is 7.43. The maximum absolute atomic E-state index is 9.91. The Labute approximate surface area is 102 Å². The molecule has 0 spiro atoms. The Bertz CT molecular complexity index is 481. The van der Waals surface area contributed by atoms with Gasteiger partial charge in [-0.3, -0.25) is 0 Å². The van der Waals surface area contributed by atoms with Crippen LogP contribution in [-0.4, -0.2) is 11.5 Å². The zero-order chi connectivity index (χ0) is 11.4. The standard InChI is InChI=1S/C11H7ClNO2S/c12-9-3-1-8(2-4-9)11-13-5-10(16-11)6-15-7-14/h1-5H,6H2. The number of benzene rings is 1. The van der Waals surface area contributed by atoms with Crippen LogP contribution < -0.4 is 0 Å². The third kappa shape index (κ3) is 2.59. The van der Waals surface area contributed by atoms with Crippen LogP contribution in [0.1, 0.15) is 4.88 Å². The molecule has 0 fully saturated rings. The van der Waals surface area contributed by atoms with E-state index in [1.807, 2.05) is 24.3 Å². The number of hydrogen-bond donors (Lipinski definition) is 0. The lowest BCUT2D eigenvalue weighted by Gasteiger charge is -1.95. The van der Waals surface area contributed by atoms with Gasteiger partial charge in [-0.05, 0) is 12.1 Å². The number of ether oxygens (including phenoxy) is 1. The van der Waals surface area contributed by atoms with Crippen molar-refractivity contribution in [3.63, 3.8) is 0 Å². The number of rotatable bonds is 4. The third-order valence-corrected chi connectivity index (χ3v) is 3.19. The molecule has 0 atom stereocenters. The Kier molecular flexibility index (Phi) is 3.54. The van der Waals surface area contributed by atoms with Crippen molar-refractivity contribution in [3.8, 4) is 10.6 Å². The molecule has 3 nitrogen and oxygen atoms in total. The molecule has 0 aliphatic carbocycles. The number of aromatic nitrogens is 1. The second-order valence-electron chi connectivity index (χ2n) is 3.01. The molecule has 1 heterocycles. The van der Waals surface area contributed by atoms with Crippen LogP contribution in [0, 0.1) is 0 Å². The molecular formula is C11H7ClNO2S. The molecule has 0 saturated carbocycles. The molecule has 2 rings (SSSR count). The molecule has 1 aromatic carbocycles. The van der Waals surface area contributed by atoms with Gasteiger partial charge in [-0.15, -0.1) is 11.3 Å². The van der Waals surface area contributed by atoms with Gasteiger partial charge >= 0.3 is 6.47 Å². The van der Waals surface area contributed by atoms with Crippen LogP contribution in [0.4, 0.5) is 0 Å². The lowest BCUT2D eigenvalue weighted by Crippen LogP contribution is -1.84. The molecule has 16 heavy (non-hydrogen) atoms. The Hall–Kier alpha value is -1.39. The fourth-order valence-electron chi connectivity index (χ4n) is 1.20. The maximum Gasteiger partial charge on any atom is 0.417 e. The van der Waals surface area contributed by atoms with Gasteiger partial charge in [0.2, 0.25) is 0 Å². The number of halogens is 1. The smallest absolute Gasteiger partial charge is 0.417 e. The number of nitrogens with zero attached hydrogens (tertiary/aromatic N) is 1. The zero-order valence-electron chi connectivity index (χ0n) is 8.14. The molecule has 2 aromatic rings. The van der Waals surface area contributed by atoms with Gasteiger partial charge in [-0.1, -0.05) is 23.7 Å². The van der Waals surface area contributed by atoms with Gasteiger partial charge < -0.3 is 4.74 Å². The van der Waals surface area contributed by atoms with Gasteiger partial charge in [0, 0.05) is 16.8 Å². The van der Waals surface area contributed by atoms with Crippen LogP contribution in [0.3, 0.4) is 0 Å². The minimum absolute atomic E-state index is 0.217. The third-order valence-electron chi connectivity index (χ3n) is 1.92. The Morgan fingerprint density at radius 1 is 1.38 bits per heavy atom. The van der Waals surface area contributed by atoms with Crippen LogP contribution in [0.25, 0.3) is 10.6 Å². The van der Waals surface area contributed by atoms with Crippen molar-refractivity contribution in [2.75, 3.05) is 0 Å². The molecule has 0 amide bonds. The van der Waals surface area contributed by atoms with E-state index in [2.05, 4.69) is 9.72 Å². The van der Waals surface area contributed by atoms with Crippen LogP contribution in [0.2, 0.25) is 5.02 Å². The largest absolute Gasteiger partial charge is 0.451 e. The van der Waals surface area contributed by atoms with E-state index < -0.39 is 0 Å². The molecule has 1 aromatic heterocycles. The van der Waals surface area contributed by atoms with Crippen molar-refractivity contribution in [1.29, 1.82) is 0 Å². The normalized spacial score (nSPS) is 10.1. The van der Waals surface area contributed by atoms with Crippen molar-refractivity contribution in [3.05, 3.63) is 40.4 Å². The van der Waals surface area contributed by atoms with E-state index in [0.29, 0.717) is 5.02 Å².